The van der Waals surface area contributed by atoms with Gasteiger partial charge >= 0.3 is 0 Å². The molecule has 6 heteroatoms. The van der Waals surface area contributed by atoms with Gasteiger partial charge in [0.05, 0.1) is 12.3 Å². The first-order chi connectivity index (χ1) is 9.60. The van der Waals surface area contributed by atoms with E-state index >= 15 is 0 Å². The van der Waals surface area contributed by atoms with Gasteiger partial charge in [0.1, 0.15) is 0 Å². The summed E-state index contributed by atoms with van der Waals surface area (Å²) in [6.45, 7) is 1.91. The second kappa shape index (κ2) is 6.15. The maximum absolute atomic E-state index is 6.12. The van der Waals surface area contributed by atoms with Crippen LogP contribution in [0.4, 0.5) is 11.4 Å². The molecule has 0 aliphatic carbocycles. The van der Waals surface area contributed by atoms with Crippen molar-refractivity contribution in [2.75, 3.05) is 30.8 Å². The zero-order valence-corrected chi connectivity index (χ0v) is 12.3. The molecule has 5 nitrogen and oxygen atoms in total. The molecule has 0 atom stereocenters. The lowest BCUT2D eigenvalue weighted by molar-refractivity contribution is 0.810. The number of nitrogens with two attached hydrogens (primary N) is 3. The molecule has 0 bridgehead atoms. The molecule has 20 heavy (non-hydrogen) atoms. The fourth-order valence-electron chi connectivity index (χ4n) is 2.51. The van der Waals surface area contributed by atoms with Gasteiger partial charge < -0.3 is 22.1 Å². The highest BCUT2D eigenvalue weighted by Gasteiger charge is 2.22. The predicted octanol–water partition coefficient (Wildman–Crippen LogP) is 1.50. The van der Waals surface area contributed by atoms with Crippen molar-refractivity contribution in [3.63, 3.8) is 0 Å². The molecule has 1 aromatic rings. The standard InChI is InChI=1S/C14H20ClN5/c1-19-13-8-20(3-2-9(13)6-16)14-5-10(15)4-12(18)11(14)7-17/h4-6H,2-3,7-8,16-18H2,1H3. The summed E-state index contributed by atoms with van der Waals surface area (Å²) in [4.78, 5) is 6.50. The molecule has 1 aromatic carbocycles. The Hall–Kier alpha value is -1.72. The summed E-state index contributed by atoms with van der Waals surface area (Å²) < 4.78 is 0. The largest absolute Gasteiger partial charge is 0.404 e. The van der Waals surface area contributed by atoms with Gasteiger partial charge in [-0.05, 0) is 30.3 Å². The van der Waals surface area contributed by atoms with E-state index in [2.05, 4.69) is 9.89 Å². The molecule has 0 aromatic heterocycles. The lowest BCUT2D eigenvalue weighted by atomic mass is 10.0. The number of nitrogen functional groups attached to an aromatic ring is 1. The molecule has 1 heterocycles. The highest BCUT2D eigenvalue weighted by molar-refractivity contribution is 6.31. The average molecular weight is 294 g/mol. The van der Waals surface area contributed by atoms with Gasteiger partial charge in [0.25, 0.3) is 0 Å². The summed E-state index contributed by atoms with van der Waals surface area (Å²) in [7, 11) is 1.78. The van der Waals surface area contributed by atoms with Crippen molar-refractivity contribution in [2.45, 2.75) is 13.0 Å². The van der Waals surface area contributed by atoms with Gasteiger partial charge in [-0.1, -0.05) is 11.6 Å². The number of hydrogen-bond acceptors (Lipinski definition) is 5. The number of anilines is 2. The Morgan fingerprint density at radius 1 is 1.45 bits per heavy atom. The molecular weight excluding hydrogens is 274 g/mol. The third kappa shape index (κ3) is 2.73. The number of aliphatic imine (C=N–C) groups is 1. The summed E-state index contributed by atoms with van der Waals surface area (Å²) >= 11 is 6.12. The van der Waals surface area contributed by atoms with Gasteiger partial charge in [0, 0.05) is 42.1 Å². The number of halogens is 1. The Morgan fingerprint density at radius 2 is 2.20 bits per heavy atom. The third-order valence-electron chi connectivity index (χ3n) is 3.60. The smallest absolute Gasteiger partial charge is 0.0601 e. The molecule has 1 aliphatic heterocycles. The molecule has 2 rings (SSSR count). The number of hydrogen-bond donors (Lipinski definition) is 3. The van der Waals surface area contributed by atoms with Crippen LogP contribution in [0.5, 0.6) is 0 Å². The van der Waals surface area contributed by atoms with E-state index in [0.29, 0.717) is 23.8 Å². The quantitative estimate of drug-likeness (QED) is 0.720. The molecule has 0 unspecified atom stereocenters. The Kier molecular flexibility index (Phi) is 4.52. The Bertz CT molecular complexity index is 565. The first kappa shape index (κ1) is 14.7. The Morgan fingerprint density at radius 3 is 2.80 bits per heavy atom. The first-order valence-corrected chi connectivity index (χ1v) is 6.88. The third-order valence-corrected chi connectivity index (χ3v) is 3.82. The molecule has 1 aliphatic rings. The zero-order valence-electron chi connectivity index (χ0n) is 11.6. The fourth-order valence-corrected chi connectivity index (χ4v) is 2.73. The van der Waals surface area contributed by atoms with E-state index < -0.39 is 0 Å². The molecule has 6 N–H and O–H groups in total. The lowest BCUT2D eigenvalue weighted by Gasteiger charge is -2.33. The molecule has 0 amide bonds. The first-order valence-electron chi connectivity index (χ1n) is 6.50. The Labute approximate surface area is 124 Å². The molecule has 1 saturated heterocycles. The molecule has 108 valence electrons. The van der Waals surface area contributed by atoms with Gasteiger partial charge in [0.2, 0.25) is 0 Å². The van der Waals surface area contributed by atoms with E-state index in [1.54, 1.807) is 19.3 Å². The zero-order chi connectivity index (χ0) is 14.7. The van der Waals surface area contributed by atoms with Crippen LogP contribution in [0.3, 0.4) is 0 Å². The van der Waals surface area contributed by atoms with Gasteiger partial charge in [-0.3, -0.25) is 4.99 Å². The van der Waals surface area contributed by atoms with Crippen molar-refractivity contribution in [2.24, 2.45) is 16.5 Å². The van der Waals surface area contributed by atoms with Crippen molar-refractivity contribution in [3.05, 3.63) is 34.5 Å². The van der Waals surface area contributed by atoms with Crippen LogP contribution in [0.2, 0.25) is 5.02 Å². The Balaban J connectivity index is 2.38. The molecule has 0 spiro atoms. The average Bonchev–Trinajstić information content (AvgIpc) is 2.45. The lowest BCUT2D eigenvalue weighted by Crippen LogP contribution is -2.38. The highest BCUT2D eigenvalue weighted by atomic mass is 35.5. The number of benzene rings is 1. The summed E-state index contributed by atoms with van der Waals surface area (Å²) in [5, 5.41) is 0.616. The molecular formula is C14H20ClN5. The maximum atomic E-state index is 6.12. The SMILES string of the molecule is CN=C1CN(c2cc(Cl)cc(N)c2CN)CCC1=CN. The number of piperidine rings is 1. The molecule has 1 fully saturated rings. The molecule has 0 radical (unpaired) electrons. The van der Waals surface area contributed by atoms with Crippen LogP contribution in [0.1, 0.15) is 12.0 Å². The summed E-state index contributed by atoms with van der Waals surface area (Å²) in [5.74, 6) is 0. The van der Waals surface area contributed by atoms with E-state index in [4.69, 9.17) is 28.8 Å². The van der Waals surface area contributed by atoms with Crippen molar-refractivity contribution in [3.8, 4) is 0 Å². The van der Waals surface area contributed by atoms with Crippen LogP contribution in [0, 0.1) is 0 Å². The second-order valence-corrected chi connectivity index (χ2v) is 5.17. The fraction of sp³-hybridized carbons (Fsp3) is 0.357. The van der Waals surface area contributed by atoms with E-state index in [-0.39, 0.29) is 0 Å². The summed E-state index contributed by atoms with van der Waals surface area (Å²) in [6.07, 6.45) is 2.48. The van der Waals surface area contributed by atoms with Crippen LogP contribution in [-0.2, 0) is 6.54 Å². The second-order valence-electron chi connectivity index (χ2n) is 4.73. The monoisotopic (exact) mass is 293 g/mol. The minimum Gasteiger partial charge on any atom is -0.404 e. The number of rotatable bonds is 2. The number of nitrogens with zero attached hydrogens (tertiary/aromatic N) is 2. The van der Waals surface area contributed by atoms with Crippen molar-refractivity contribution >= 4 is 28.7 Å². The van der Waals surface area contributed by atoms with Crippen LogP contribution in [0.15, 0.2) is 28.9 Å². The summed E-state index contributed by atoms with van der Waals surface area (Å²) in [5.41, 5.74) is 22.1. The van der Waals surface area contributed by atoms with Gasteiger partial charge in [-0.25, -0.2) is 0 Å². The highest BCUT2D eigenvalue weighted by Crippen LogP contribution is 2.32. The normalized spacial score (nSPS) is 19.9. The van der Waals surface area contributed by atoms with Gasteiger partial charge in [-0.15, -0.1) is 0 Å². The summed E-state index contributed by atoms with van der Waals surface area (Å²) in [6, 6.07) is 3.64. The van der Waals surface area contributed by atoms with Crippen LogP contribution >= 0.6 is 11.6 Å². The van der Waals surface area contributed by atoms with E-state index in [1.807, 2.05) is 6.07 Å². The van der Waals surface area contributed by atoms with E-state index in [1.165, 1.54) is 0 Å². The molecule has 0 saturated carbocycles. The van der Waals surface area contributed by atoms with Gasteiger partial charge in [0.15, 0.2) is 0 Å². The van der Waals surface area contributed by atoms with Crippen LogP contribution in [0.25, 0.3) is 0 Å². The topological polar surface area (TPSA) is 93.7 Å². The van der Waals surface area contributed by atoms with Crippen LogP contribution in [-0.4, -0.2) is 25.8 Å². The van der Waals surface area contributed by atoms with Crippen molar-refractivity contribution in [1.82, 2.24) is 0 Å². The van der Waals surface area contributed by atoms with Crippen LogP contribution < -0.4 is 22.1 Å². The van der Waals surface area contributed by atoms with E-state index in [0.717, 1.165) is 35.5 Å². The predicted molar refractivity (Wildman–Crippen MR) is 86.2 cm³/mol. The minimum absolute atomic E-state index is 0.382. The maximum Gasteiger partial charge on any atom is 0.0601 e. The van der Waals surface area contributed by atoms with Crippen molar-refractivity contribution in [1.29, 1.82) is 0 Å². The minimum atomic E-state index is 0.382. The van der Waals surface area contributed by atoms with E-state index in [9.17, 15) is 0 Å². The van der Waals surface area contributed by atoms with Crippen molar-refractivity contribution < 1.29 is 0 Å². The van der Waals surface area contributed by atoms with Gasteiger partial charge in [-0.2, -0.15) is 0 Å².